The van der Waals surface area contributed by atoms with Gasteiger partial charge in [0.1, 0.15) is 0 Å². The fraction of sp³-hybridized carbons (Fsp3) is 0.500. The van der Waals surface area contributed by atoms with Crippen LogP contribution in [0.4, 0.5) is 0 Å². The normalized spacial score (nSPS) is 20.4. The molecule has 5 nitrogen and oxygen atoms in total. The van der Waals surface area contributed by atoms with Gasteiger partial charge in [-0.25, -0.2) is 0 Å². The molecule has 2 saturated heterocycles. The second-order valence-electron chi connectivity index (χ2n) is 7.08. The molecular weight excluding hydrogens is 314 g/mol. The van der Waals surface area contributed by atoms with Crippen LogP contribution in [0.2, 0.25) is 0 Å². The number of hydrogen-bond acceptors (Lipinski definition) is 3. The van der Waals surface area contributed by atoms with E-state index in [2.05, 4.69) is 27.4 Å². The Bertz CT molecular complexity index is 682. The van der Waals surface area contributed by atoms with Gasteiger partial charge in [-0.15, -0.1) is 0 Å². The Kier molecular flexibility index (Phi) is 5.40. The Balaban J connectivity index is 1.44. The van der Waals surface area contributed by atoms with Crippen molar-refractivity contribution in [3.8, 4) is 11.8 Å². The fourth-order valence-corrected chi connectivity index (χ4v) is 3.70. The van der Waals surface area contributed by atoms with Gasteiger partial charge in [0.2, 0.25) is 5.91 Å². The van der Waals surface area contributed by atoms with E-state index in [1.807, 2.05) is 37.3 Å². The summed E-state index contributed by atoms with van der Waals surface area (Å²) in [5.41, 5.74) is 0.700. The van der Waals surface area contributed by atoms with Crippen molar-refractivity contribution in [2.75, 3.05) is 26.2 Å². The van der Waals surface area contributed by atoms with Crippen molar-refractivity contribution in [1.29, 1.82) is 0 Å². The van der Waals surface area contributed by atoms with Gasteiger partial charge in [0.15, 0.2) is 0 Å². The van der Waals surface area contributed by atoms with E-state index in [0.717, 1.165) is 51.0 Å². The number of carbonyl (C=O) groups excluding carboxylic acids is 2. The van der Waals surface area contributed by atoms with Crippen molar-refractivity contribution in [2.45, 2.75) is 32.2 Å². The number of carbonyl (C=O) groups is 2. The van der Waals surface area contributed by atoms with Crippen LogP contribution in [0.15, 0.2) is 30.3 Å². The lowest BCUT2D eigenvalue weighted by molar-refractivity contribution is -0.130. The molecular formula is C20H25N3O2. The summed E-state index contributed by atoms with van der Waals surface area (Å²) >= 11 is 0. The minimum atomic E-state index is -0.250. The van der Waals surface area contributed by atoms with E-state index in [9.17, 15) is 9.59 Å². The van der Waals surface area contributed by atoms with Crippen LogP contribution in [0.25, 0.3) is 0 Å². The third kappa shape index (κ3) is 4.40. The molecule has 3 rings (SSSR count). The summed E-state index contributed by atoms with van der Waals surface area (Å²) in [4.78, 5) is 26.3. The monoisotopic (exact) mass is 339 g/mol. The molecule has 2 aliphatic rings. The second kappa shape index (κ2) is 7.71. The first-order valence-corrected chi connectivity index (χ1v) is 8.96. The van der Waals surface area contributed by atoms with Crippen molar-refractivity contribution >= 4 is 11.8 Å². The summed E-state index contributed by atoms with van der Waals surface area (Å²) in [7, 11) is 0. The molecule has 0 saturated carbocycles. The highest BCUT2D eigenvalue weighted by molar-refractivity contribution is 5.94. The van der Waals surface area contributed by atoms with Crippen LogP contribution in [-0.4, -0.2) is 48.9 Å². The Labute approximate surface area is 149 Å². The molecule has 5 heteroatoms. The number of amides is 2. The van der Waals surface area contributed by atoms with Crippen LogP contribution in [0.1, 0.15) is 31.7 Å². The Morgan fingerprint density at radius 3 is 2.64 bits per heavy atom. The van der Waals surface area contributed by atoms with E-state index in [4.69, 9.17) is 0 Å². The molecule has 2 aliphatic heterocycles. The summed E-state index contributed by atoms with van der Waals surface area (Å²) in [6.45, 7) is 5.41. The van der Waals surface area contributed by atoms with E-state index >= 15 is 0 Å². The smallest absolute Gasteiger partial charge is 0.296 e. The van der Waals surface area contributed by atoms with Crippen LogP contribution in [0.3, 0.4) is 0 Å². The maximum absolute atomic E-state index is 12.0. The summed E-state index contributed by atoms with van der Waals surface area (Å²) in [5, 5.41) is 5.89. The molecule has 2 fully saturated rings. The molecule has 2 amide bonds. The second-order valence-corrected chi connectivity index (χ2v) is 7.08. The van der Waals surface area contributed by atoms with Gasteiger partial charge >= 0.3 is 0 Å². The van der Waals surface area contributed by atoms with Crippen LogP contribution >= 0.6 is 0 Å². The highest BCUT2D eigenvalue weighted by Crippen LogP contribution is 2.37. The van der Waals surface area contributed by atoms with Gasteiger partial charge in [-0.2, -0.15) is 0 Å². The molecule has 132 valence electrons. The molecule has 0 aromatic heterocycles. The largest absolute Gasteiger partial charge is 0.356 e. The zero-order valence-electron chi connectivity index (χ0n) is 14.7. The van der Waals surface area contributed by atoms with Gasteiger partial charge in [0.25, 0.3) is 5.91 Å². The summed E-state index contributed by atoms with van der Waals surface area (Å²) in [5.74, 6) is 5.49. The van der Waals surface area contributed by atoms with E-state index in [1.165, 1.54) is 0 Å². The lowest BCUT2D eigenvalue weighted by atomic mass is 9.77. The van der Waals surface area contributed by atoms with Gasteiger partial charge < -0.3 is 15.5 Å². The zero-order valence-corrected chi connectivity index (χ0v) is 14.7. The van der Waals surface area contributed by atoms with E-state index in [-0.39, 0.29) is 23.3 Å². The number of likely N-dealkylation sites (tertiary alicyclic amines) is 1. The summed E-state index contributed by atoms with van der Waals surface area (Å²) in [6, 6.07) is 9.52. The minimum absolute atomic E-state index is 0.0315. The number of rotatable bonds is 3. The number of nitrogens with one attached hydrogen (secondary N) is 2. The van der Waals surface area contributed by atoms with Crippen LogP contribution in [0, 0.1) is 17.3 Å². The average molecular weight is 339 g/mol. The number of piperidine rings is 1. The van der Waals surface area contributed by atoms with E-state index < -0.39 is 0 Å². The maximum atomic E-state index is 12.0. The van der Waals surface area contributed by atoms with Crippen LogP contribution in [0.5, 0.6) is 0 Å². The topological polar surface area (TPSA) is 61.4 Å². The van der Waals surface area contributed by atoms with Crippen molar-refractivity contribution in [3.63, 3.8) is 0 Å². The molecule has 2 heterocycles. The summed E-state index contributed by atoms with van der Waals surface area (Å²) < 4.78 is 0. The van der Waals surface area contributed by atoms with Crippen LogP contribution < -0.4 is 10.6 Å². The first-order valence-electron chi connectivity index (χ1n) is 8.96. The Hall–Kier alpha value is -2.32. The molecule has 2 N–H and O–H groups in total. The Morgan fingerprint density at radius 1 is 1.28 bits per heavy atom. The summed E-state index contributed by atoms with van der Waals surface area (Å²) in [6.07, 6.45) is 2.78. The van der Waals surface area contributed by atoms with E-state index in [1.54, 1.807) is 0 Å². The van der Waals surface area contributed by atoms with E-state index in [0.29, 0.717) is 0 Å². The highest BCUT2D eigenvalue weighted by Gasteiger charge is 2.44. The number of benzene rings is 1. The fourth-order valence-electron chi connectivity index (χ4n) is 3.70. The van der Waals surface area contributed by atoms with Crippen molar-refractivity contribution in [2.24, 2.45) is 5.41 Å². The SMILES string of the molecule is C[C@@H](CN1CCC2(CCNC2=O)CC1)NC(=O)C#Cc1ccccc1. The van der Waals surface area contributed by atoms with Gasteiger partial charge in [0.05, 0.1) is 5.41 Å². The van der Waals surface area contributed by atoms with Crippen molar-refractivity contribution < 1.29 is 9.59 Å². The van der Waals surface area contributed by atoms with Gasteiger partial charge in [0, 0.05) is 30.6 Å². The predicted octanol–water partition coefficient (Wildman–Crippen LogP) is 1.14. The minimum Gasteiger partial charge on any atom is -0.356 e. The van der Waals surface area contributed by atoms with Crippen molar-refractivity contribution in [1.82, 2.24) is 15.5 Å². The van der Waals surface area contributed by atoms with Crippen LogP contribution in [-0.2, 0) is 9.59 Å². The average Bonchev–Trinajstić information content (AvgIpc) is 2.96. The zero-order chi connectivity index (χ0) is 17.7. The molecule has 1 atom stereocenters. The lowest BCUT2D eigenvalue weighted by Gasteiger charge is -2.38. The van der Waals surface area contributed by atoms with Gasteiger partial charge in [-0.1, -0.05) is 24.1 Å². The molecule has 1 aromatic rings. The maximum Gasteiger partial charge on any atom is 0.296 e. The molecule has 1 spiro atoms. The Morgan fingerprint density at radius 2 is 2.00 bits per heavy atom. The predicted molar refractivity (Wildman–Crippen MR) is 96.7 cm³/mol. The number of hydrogen-bond donors (Lipinski definition) is 2. The standard InChI is InChI=1S/C20H25N3O2/c1-16(22-18(24)8-7-17-5-3-2-4-6-17)15-23-13-10-20(11-14-23)9-12-21-19(20)25/h2-6,16H,9-15H2,1H3,(H,21,25)(H,22,24)/t16-/m0/s1. The molecule has 0 aliphatic carbocycles. The molecule has 25 heavy (non-hydrogen) atoms. The van der Waals surface area contributed by atoms with Gasteiger partial charge in [-0.3, -0.25) is 9.59 Å². The first-order chi connectivity index (χ1) is 12.1. The molecule has 0 radical (unpaired) electrons. The molecule has 0 unspecified atom stereocenters. The third-order valence-electron chi connectivity index (χ3n) is 5.19. The quantitative estimate of drug-likeness (QED) is 0.812. The van der Waals surface area contributed by atoms with Crippen molar-refractivity contribution in [3.05, 3.63) is 35.9 Å². The molecule has 0 bridgehead atoms. The molecule has 1 aromatic carbocycles. The lowest BCUT2D eigenvalue weighted by Crippen LogP contribution is -2.48. The number of nitrogens with zero attached hydrogens (tertiary/aromatic N) is 1. The van der Waals surface area contributed by atoms with Gasteiger partial charge in [-0.05, 0) is 51.4 Å². The highest BCUT2D eigenvalue weighted by atomic mass is 16.2. The third-order valence-corrected chi connectivity index (χ3v) is 5.19. The first kappa shape index (κ1) is 17.5.